The Kier molecular flexibility index (Phi) is 20.7. The number of hydrogen-bond acceptors (Lipinski definition) is 23. The summed E-state index contributed by atoms with van der Waals surface area (Å²) >= 11 is 0. The minimum atomic E-state index is -1.99. The molecule has 0 spiro atoms. The minimum absolute atomic E-state index is 0.0509. The van der Waals surface area contributed by atoms with E-state index in [1.165, 1.54) is 6.08 Å². The summed E-state index contributed by atoms with van der Waals surface area (Å²) in [5.74, 6) is -3.80. The lowest BCUT2D eigenvalue weighted by molar-refractivity contribution is -0.383. The molecule has 0 radical (unpaired) electrons. The first-order chi connectivity index (χ1) is 41.5. The van der Waals surface area contributed by atoms with Gasteiger partial charge in [-0.3, -0.25) is 4.79 Å². The number of aliphatic hydroxyl groups is 11. The predicted molar refractivity (Wildman–Crippen MR) is 311 cm³/mol. The molecule has 0 unspecified atom stereocenters. The molecule has 496 valence electrons. The second-order valence-corrected chi connectivity index (χ2v) is 28.4. The number of rotatable bonds is 19. The third-order valence-corrected chi connectivity index (χ3v) is 22.8. The zero-order valence-corrected chi connectivity index (χ0v) is 52.4. The summed E-state index contributed by atoms with van der Waals surface area (Å²) in [6.45, 7) is 17.6. The molecule has 1 aromatic carbocycles. The maximum Gasteiger partial charge on any atom is 0.338 e. The third-order valence-electron chi connectivity index (χ3n) is 22.8. The number of benzene rings is 1. The van der Waals surface area contributed by atoms with Crippen molar-refractivity contribution in [1.82, 2.24) is 0 Å². The van der Waals surface area contributed by atoms with Gasteiger partial charge in [-0.1, -0.05) is 118 Å². The molecule has 4 saturated carbocycles. The second-order valence-electron chi connectivity index (χ2n) is 28.4. The molecule has 27 atom stereocenters. The fourth-order valence-corrected chi connectivity index (χ4v) is 17.3. The number of unbranched alkanes of at least 4 members (excludes halogenated alkanes) is 1. The highest BCUT2D eigenvalue weighted by Gasteiger charge is 2.76. The van der Waals surface area contributed by atoms with E-state index in [-0.39, 0.29) is 24.9 Å². The van der Waals surface area contributed by atoms with Crippen molar-refractivity contribution in [3.63, 3.8) is 0 Å². The number of hydrogen-bond donors (Lipinski definition) is 11. The summed E-state index contributed by atoms with van der Waals surface area (Å²) in [7, 11) is 0. The van der Waals surface area contributed by atoms with Crippen LogP contribution >= 0.6 is 0 Å². The number of carbonyl (C=O) groups is 3. The first-order valence-corrected chi connectivity index (χ1v) is 31.7. The number of esters is 3. The average molecular weight is 1250 g/mol. The quantitative estimate of drug-likeness (QED) is 0.0236. The second kappa shape index (κ2) is 26.4. The van der Waals surface area contributed by atoms with Gasteiger partial charge in [0.05, 0.1) is 56.1 Å². The van der Waals surface area contributed by atoms with Gasteiger partial charge >= 0.3 is 17.9 Å². The van der Waals surface area contributed by atoms with Crippen molar-refractivity contribution in [3.05, 3.63) is 53.6 Å². The summed E-state index contributed by atoms with van der Waals surface area (Å²) in [6.07, 6.45) is -21.5. The highest BCUT2D eigenvalue weighted by Crippen LogP contribution is 2.76. The summed E-state index contributed by atoms with van der Waals surface area (Å²) in [5.41, 5.74) is -4.12. The van der Waals surface area contributed by atoms with Crippen LogP contribution in [0.3, 0.4) is 0 Å². The van der Waals surface area contributed by atoms with E-state index in [1.807, 2.05) is 65.0 Å². The molecular formula is C65H98O23. The van der Waals surface area contributed by atoms with Crippen molar-refractivity contribution in [1.29, 1.82) is 0 Å². The minimum Gasteiger partial charge on any atom is -0.464 e. The Morgan fingerprint density at radius 1 is 0.693 bits per heavy atom. The van der Waals surface area contributed by atoms with E-state index in [4.69, 9.17) is 42.6 Å². The topological polar surface area (TPSA) is 357 Å². The number of carbonyl (C=O) groups excluding carboxylic acids is 3. The van der Waals surface area contributed by atoms with Crippen molar-refractivity contribution in [2.45, 2.75) is 244 Å². The third kappa shape index (κ3) is 11.7. The molecule has 11 N–H and O–H groups in total. The molecule has 0 bridgehead atoms. The van der Waals surface area contributed by atoms with Gasteiger partial charge in [0.2, 0.25) is 0 Å². The molecular weight excluding hydrogens is 1150 g/mol. The van der Waals surface area contributed by atoms with Crippen molar-refractivity contribution >= 4 is 24.0 Å². The van der Waals surface area contributed by atoms with Gasteiger partial charge in [-0.25, -0.2) is 9.59 Å². The van der Waals surface area contributed by atoms with Crippen LogP contribution in [0.4, 0.5) is 0 Å². The van der Waals surface area contributed by atoms with E-state index < -0.39 is 199 Å². The first-order valence-electron chi connectivity index (χ1n) is 31.7. The fourth-order valence-electron chi connectivity index (χ4n) is 17.3. The van der Waals surface area contributed by atoms with Gasteiger partial charge in [0, 0.05) is 16.9 Å². The molecule has 3 aliphatic heterocycles. The van der Waals surface area contributed by atoms with Gasteiger partial charge in [0.25, 0.3) is 0 Å². The predicted octanol–water partition coefficient (Wildman–Crippen LogP) is 2.35. The van der Waals surface area contributed by atoms with Gasteiger partial charge in [0.1, 0.15) is 67.1 Å². The van der Waals surface area contributed by atoms with E-state index in [9.17, 15) is 70.6 Å². The van der Waals surface area contributed by atoms with Gasteiger partial charge in [0.15, 0.2) is 31.1 Å². The number of ether oxygens (including phenoxy) is 9. The highest BCUT2D eigenvalue weighted by atomic mass is 16.8. The molecule has 3 heterocycles. The molecule has 23 nitrogen and oxygen atoms in total. The summed E-state index contributed by atoms with van der Waals surface area (Å²) in [6, 6.07) is 9.20. The maximum absolute atomic E-state index is 14.2. The summed E-state index contributed by atoms with van der Waals surface area (Å²) in [4.78, 5) is 42.1. The largest absolute Gasteiger partial charge is 0.464 e. The molecule has 9 rings (SSSR count). The van der Waals surface area contributed by atoms with E-state index in [0.29, 0.717) is 51.4 Å². The van der Waals surface area contributed by atoms with Crippen LogP contribution in [0.15, 0.2) is 48.1 Å². The van der Waals surface area contributed by atoms with Crippen LogP contribution in [0.2, 0.25) is 0 Å². The van der Waals surface area contributed by atoms with Crippen LogP contribution in [0.5, 0.6) is 0 Å². The Hall–Kier alpha value is -3.57. The highest BCUT2D eigenvalue weighted by molar-refractivity contribution is 5.87. The Morgan fingerprint density at radius 2 is 1.32 bits per heavy atom. The molecule has 3 saturated heterocycles. The van der Waals surface area contributed by atoms with Crippen molar-refractivity contribution in [3.8, 4) is 0 Å². The summed E-state index contributed by atoms with van der Waals surface area (Å²) in [5, 5.41) is 125. The van der Waals surface area contributed by atoms with E-state index in [2.05, 4.69) is 33.8 Å². The smallest absolute Gasteiger partial charge is 0.338 e. The van der Waals surface area contributed by atoms with Crippen molar-refractivity contribution in [2.75, 3.05) is 26.4 Å². The van der Waals surface area contributed by atoms with Crippen molar-refractivity contribution < 1.29 is 113 Å². The van der Waals surface area contributed by atoms with Crippen LogP contribution in [0, 0.1) is 56.2 Å². The standard InChI is InChI=1S/C65H98O23/c1-11-13-27-80-56(79)50-48(85-57-45(73)43(71)37(30-67)82-57)47(75)49(86-58-46(74)44(72)42(70)36(29-66)81-58)59(87-50)83-40-24-25-62(8)38(61(40,6)7)23-26-63(9)39(62)21-20-34-35-28-60(4,5)53(84-41(69)22-19-33-17-15-14-16-18-33)54(88-55(78)32(3)12-2)65(35,31-68)52(77)51(76)64(34,63)10/h14-20,22,32,35-40,42-54,57-59,66-68,70-77H,11-13,21,23-31H2,1-10H3/b22-19+/t32-,35+,36-,37+,38+,39-,40+,42-,43+,44+,45-,46-,47+,48+,49-,50+,51+,52-,53+,54+,57+,58+,59-,62+,63-,64+,65+/m1/s1. The lowest BCUT2D eigenvalue weighted by Crippen LogP contribution is -2.76. The van der Waals surface area contributed by atoms with Gasteiger partial charge in [-0.05, 0) is 97.0 Å². The van der Waals surface area contributed by atoms with Gasteiger partial charge in [-0.15, -0.1) is 0 Å². The molecule has 88 heavy (non-hydrogen) atoms. The fraction of sp³-hybridized carbons (Fsp3) is 0.800. The Morgan fingerprint density at radius 3 is 1.93 bits per heavy atom. The lowest BCUT2D eigenvalue weighted by atomic mass is 9.32. The Labute approximate surface area is 515 Å². The zero-order chi connectivity index (χ0) is 64.4. The van der Waals surface area contributed by atoms with Crippen LogP contribution in [0.1, 0.15) is 133 Å². The van der Waals surface area contributed by atoms with Gasteiger partial charge < -0.3 is 98.8 Å². The molecule has 0 amide bonds. The van der Waals surface area contributed by atoms with Gasteiger partial charge in [-0.2, -0.15) is 0 Å². The van der Waals surface area contributed by atoms with Crippen molar-refractivity contribution in [2.24, 2.45) is 56.2 Å². The monoisotopic (exact) mass is 1250 g/mol. The molecule has 23 heteroatoms. The van der Waals surface area contributed by atoms with Crippen LogP contribution in [-0.4, -0.2) is 217 Å². The molecule has 7 fully saturated rings. The summed E-state index contributed by atoms with van der Waals surface area (Å²) < 4.78 is 55.7. The first kappa shape index (κ1) is 68.8. The van der Waals surface area contributed by atoms with Crippen LogP contribution in [0.25, 0.3) is 6.08 Å². The Bertz CT molecular complexity index is 2650. The zero-order valence-electron chi connectivity index (χ0n) is 52.4. The molecule has 8 aliphatic rings. The maximum atomic E-state index is 14.2. The average Bonchev–Trinajstić information content (AvgIpc) is 0.806. The van der Waals surface area contributed by atoms with Crippen LogP contribution in [-0.2, 0) is 57.0 Å². The number of allylic oxidation sites excluding steroid dienone is 1. The molecule has 5 aliphatic carbocycles. The van der Waals surface area contributed by atoms with E-state index in [1.54, 1.807) is 13.0 Å². The molecule has 1 aromatic rings. The lowest BCUT2D eigenvalue weighted by Gasteiger charge is -2.73. The number of fused-ring (bicyclic) bond motifs is 7. The van der Waals surface area contributed by atoms with Crippen LogP contribution < -0.4 is 0 Å². The number of aliphatic hydroxyl groups excluding tert-OH is 11. The van der Waals surface area contributed by atoms with E-state index >= 15 is 0 Å². The Balaban J connectivity index is 1.04. The SMILES string of the molecule is CCCCOC(=O)[C@H]1O[C@@H](O[C@H]2CC[C@]3(C)[C@H]4CC=C5[C@@H]6CC(C)(C)[C@@H](OC(=O)/C=C/c7ccccc7)[C@H](OC(=O)[C@H](C)CC)[C@]6(CO)[C@H](O)[C@H](O)[C@@]5(C)[C@]4(C)CC[C@H]3C2(C)C)[C@H](O[C@@H]2O[C@H](CO)[C@@H](O)[C@H](O)[C@H]2O)[C@@H](O)[C@@H]1O[C@@H]1O[C@@H](CO)[C@H](O)[C@H]1O. The molecule has 0 aromatic heterocycles. The normalized spacial score (nSPS) is 45.6. The van der Waals surface area contributed by atoms with E-state index in [0.717, 1.165) is 11.1 Å².